The van der Waals surface area contributed by atoms with Gasteiger partial charge in [0.2, 0.25) is 0 Å². The summed E-state index contributed by atoms with van der Waals surface area (Å²) < 4.78 is 11.1. The summed E-state index contributed by atoms with van der Waals surface area (Å²) in [5.41, 5.74) is 1.00. The molecule has 0 aromatic heterocycles. The summed E-state index contributed by atoms with van der Waals surface area (Å²) in [6.07, 6.45) is 0.508. The van der Waals surface area contributed by atoms with Crippen LogP contribution in [0, 0.1) is 0 Å². The van der Waals surface area contributed by atoms with Crippen molar-refractivity contribution in [3.8, 4) is 17.2 Å². The van der Waals surface area contributed by atoms with E-state index < -0.39 is 11.8 Å². The quantitative estimate of drug-likeness (QED) is 0.462. The molecule has 0 unspecified atom stereocenters. The van der Waals surface area contributed by atoms with E-state index in [9.17, 15) is 14.7 Å². The van der Waals surface area contributed by atoms with Crippen molar-refractivity contribution in [2.75, 3.05) is 25.1 Å². The number of carbonyl (C=O) groups is 2. The third kappa shape index (κ3) is 6.06. The molecule has 0 atom stereocenters. The van der Waals surface area contributed by atoms with E-state index in [0.717, 1.165) is 5.56 Å². The van der Waals surface area contributed by atoms with Crippen LogP contribution in [0.3, 0.4) is 0 Å². The van der Waals surface area contributed by atoms with E-state index in [1.807, 2.05) is 32.0 Å². The van der Waals surface area contributed by atoms with Gasteiger partial charge in [-0.25, -0.2) is 0 Å². The molecular formula is C20H23ClN2O5. The van der Waals surface area contributed by atoms with Gasteiger partial charge in [0.05, 0.1) is 18.9 Å². The molecule has 8 heteroatoms. The third-order valence-corrected chi connectivity index (χ3v) is 3.96. The van der Waals surface area contributed by atoms with Gasteiger partial charge in [0.1, 0.15) is 5.75 Å². The van der Waals surface area contributed by atoms with Crippen molar-refractivity contribution in [2.45, 2.75) is 20.3 Å². The Kier molecular flexibility index (Phi) is 7.95. The van der Waals surface area contributed by atoms with Crippen LogP contribution in [0.1, 0.15) is 19.4 Å². The average Bonchev–Trinajstić information content (AvgIpc) is 2.67. The number of benzene rings is 2. The molecule has 2 aromatic carbocycles. The van der Waals surface area contributed by atoms with Crippen molar-refractivity contribution in [3.05, 3.63) is 47.0 Å². The van der Waals surface area contributed by atoms with Gasteiger partial charge in [0, 0.05) is 11.6 Å². The Hall–Kier alpha value is -2.93. The molecule has 0 radical (unpaired) electrons. The predicted octanol–water partition coefficient (Wildman–Crippen LogP) is 3.14. The highest BCUT2D eigenvalue weighted by Gasteiger charge is 2.15. The minimum atomic E-state index is -0.890. The van der Waals surface area contributed by atoms with Gasteiger partial charge in [-0.15, -0.1) is 0 Å². The molecule has 0 saturated heterocycles. The van der Waals surface area contributed by atoms with E-state index in [1.54, 1.807) is 0 Å². The molecule has 0 fully saturated rings. The number of hydrogen-bond acceptors (Lipinski definition) is 5. The van der Waals surface area contributed by atoms with Crippen molar-refractivity contribution in [3.63, 3.8) is 0 Å². The zero-order valence-corrected chi connectivity index (χ0v) is 16.5. The zero-order valence-electron chi connectivity index (χ0n) is 15.8. The van der Waals surface area contributed by atoms with Crippen molar-refractivity contribution < 1.29 is 24.2 Å². The summed E-state index contributed by atoms with van der Waals surface area (Å²) in [5, 5.41) is 14.9. The second-order valence-corrected chi connectivity index (χ2v) is 6.21. The van der Waals surface area contributed by atoms with Gasteiger partial charge in [-0.1, -0.05) is 17.7 Å². The Bertz CT molecular complexity index is 841. The second kappa shape index (κ2) is 10.4. The Morgan fingerprint density at radius 2 is 1.71 bits per heavy atom. The summed E-state index contributed by atoms with van der Waals surface area (Å²) in [6, 6.07) is 9.71. The maximum Gasteiger partial charge on any atom is 0.313 e. The van der Waals surface area contributed by atoms with Gasteiger partial charge >= 0.3 is 11.8 Å². The monoisotopic (exact) mass is 406 g/mol. The van der Waals surface area contributed by atoms with Gasteiger partial charge in [-0.3, -0.25) is 9.59 Å². The molecule has 0 aliphatic rings. The average molecular weight is 407 g/mol. The number of nitrogens with one attached hydrogen (secondary N) is 2. The first-order valence-corrected chi connectivity index (χ1v) is 9.28. The summed E-state index contributed by atoms with van der Waals surface area (Å²) in [5.74, 6) is -0.571. The molecule has 0 aliphatic heterocycles. The summed E-state index contributed by atoms with van der Waals surface area (Å²) in [4.78, 5) is 23.9. The van der Waals surface area contributed by atoms with Gasteiger partial charge in [-0.05, 0) is 56.2 Å². The third-order valence-electron chi connectivity index (χ3n) is 3.72. The van der Waals surface area contributed by atoms with Crippen molar-refractivity contribution >= 4 is 29.1 Å². The lowest BCUT2D eigenvalue weighted by atomic mass is 10.1. The topological polar surface area (TPSA) is 96.9 Å². The lowest BCUT2D eigenvalue weighted by Crippen LogP contribution is -2.36. The number of carbonyl (C=O) groups excluding carboxylic acids is 2. The van der Waals surface area contributed by atoms with Gasteiger partial charge in [-0.2, -0.15) is 0 Å². The molecule has 0 spiro atoms. The van der Waals surface area contributed by atoms with Crippen LogP contribution < -0.4 is 20.1 Å². The van der Waals surface area contributed by atoms with Crippen LogP contribution in [0.15, 0.2) is 36.4 Å². The Morgan fingerprint density at radius 1 is 1.00 bits per heavy atom. The molecule has 7 nitrogen and oxygen atoms in total. The lowest BCUT2D eigenvalue weighted by Gasteiger charge is -2.12. The van der Waals surface area contributed by atoms with Crippen LogP contribution in [-0.2, 0) is 16.0 Å². The van der Waals surface area contributed by atoms with Gasteiger partial charge in [0.15, 0.2) is 11.5 Å². The summed E-state index contributed by atoms with van der Waals surface area (Å²) in [7, 11) is 0. The maximum atomic E-state index is 12.0. The van der Waals surface area contributed by atoms with Gasteiger partial charge in [0.25, 0.3) is 0 Å². The Morgan fingerprint density at radius 3 is 2.43 bits per heavy atom. The fourth-order valence-corrected chi connectivity index (χ4v) is 2.61. The SMILES string of the molecule is CCOc1ccc(CCNC(=O)C(=O)Nc2cc(Cl)ccc2O)cc1OCC. The first-order valence-electron chi connectivity index (χ1n) is 8.90. The minimum Gasteiger partial charge on any atom is -0.506 e. The smallest absolute Gasteiger partial charge is 0.313 e. The first kappa shape index (κ1) is 21.4. The van der Waals surface area contributed by atoms with E-state index in [-0.39, 0.29) is 18.0 Å². The van der Waals surface area contributed by atoms with E-state index in [2.05, 4.69) is 10.6 Å². The van der Waals surface area contributed by atoms with Gasteiger partial charge < -0.3 is 25.2 Å². The molecule has 2 rings (SSSR count). The fourth-order valence-electron chi connectivity index (χ4n) is 2.44. The number of ether oxygens (including phenoxy) is 2. The highest BCUT2D eigenvalue weighted by molar-refractivity contribution is 6.40. The lowest BCUT2D eigenvalue weighted by molar-refractivity contribution is -0.136. The molecular weight excluding hydrogens is 384 g/mol. The number of phenols is 1. The van der Waals surface area contributed by atoms with Crippen LogP contribution in [0.4, 0.5) is 5.69 Å². The molecule has 2 amide bonds. The number of hydrogen-bond donors (Lipinski definition) is 3. The second-order valence-electron chi connectivity index (χ2n) is 5.77. The molecule has 2 aromatic rings. The molecule has 0 bridgehead atoms. The van der Waals surface area contributed by atoms with Crippen LogP contribution in [0.5, 0.6) is 17.2 Å². The Balaban J connectivity index is 1.89. The zero-order chi connectivity index (χ0) is 20.5. The fraction of sp³-hybridized carbons (Fsp3) is 0.300. The van der Waals surface area contributed by atoms with E-state index in [1.165, 1.54) is 18.2 Å². The number of halogens is 1. The predicted molar refractivity (Wildman–Crippen MR) is 107 cm³/mol. The number of aromatic hydroxyl groups is 1. The van der Waals surface area contributed by atoms with E-state index in [0.29, 0.717) is 36.2 Å². The van der Waals surface area contributed by atoms with Crippen LogP contribution in [-0.4, -0.2) is 36.7 Å². The van der Waals surface area contributed by atoms with Crippen molar-refractivity contribution in [1.82, 2.24) is 5.32 Å². The number of phenolic OH excluding ortho intramolecular Hbond substituents is 1. The standard InChI is InChI=1S/C20H23ClN2O5/c1-3-27-17-8-5-13(11-18(17)28-4-2)9-10-22-19(25)20(26)23-15-12-14(21)6-7-16(15)24/h5-8,11-12,24H,3-4,9-10H2,1-2H3,(H,22,25)(H,23,26). The largest absolute Gasteiger partial charge is 0.506 e. The van der Waals surface area contributed by atoms with E-state index in [4.69, 9.17) is 21.1 Å². The van der Waals surface area contributed by atoms with Crippen LogP contribution >= 0.6 is 11.6 Å². The molecule has 150 valence electrons. The van der Waals surface area contributed by atoms with Crippen molar-refractivity contribution in [1.29, 1.82) is 0 Å². The molecule has 0 aliphatic carbocycles. The molecule has 0 saturated carbocycles. The normalized spacial score (nSPS) is 10.2. The number of amides is 2. The summed E-state index contributed by atoms with van der Waals surface area (Å²) in [6.45, 7) is 5.09. The van der Waals surface area contributed by atoms with Crippen LogP contribution in [0.25, 0.3) is 0 Å². The van der Waals surface area contributed by atoms with Crippen LogP contribution in [0.2, 0.25) is 5.02 Å². The maximum absolute atomic E-state index is 12.0. The first-order chi connectivity index (χ1) is 13.4. The Labute approximate surface area is 168 Å². The summed E-state index contributed by atoms with van der Waals surface area (Å²) >= 11 is 5.82. The molecule has 28 heavy (non-hydrogen) atoms. The molecule has 3 N–H and O–H groups in total. The minimum absolute atomic E-state index is 0.0699. The number of anilines is 1. The highest BCUT2D eigenvalue weighted by atomic mass is 35.5. The number of rotatable bonds is 8. The highest BCUT2D eigenvalue weighted by Crippen LogP contribution is 2.29. The van der Waals surface area contributed by atoms with Crippen molar-refractivity contribution in [2.24, 2.45) is 0 Å². The van der Waals surface area contributed by atoms with E-state index >= 15 is 0 Å². The molecule has 0 heterocycles.